The lowest BCUT2D eigenvalue weighted by molar-refractivity contribution is 0.340. The van der Waals surface area contributed by atoms with Crippen LogP contribution in [0.5, 0.6) is 11.5 Å². The summed E-state index contributed by atoms with van der Waals surface area (Å²) in [6.45, 7) is 7.33. The maximum atomic E-state index is 5.60. The fraction of sp³-hybridized carbons (Fsp3) is 0.250. The van der Waals surface area contributed by atoms with E-state index < -0.39 is 0 Å². The lowest BCUT2D eigenvalue weighted by atomic mass is 10.0. The third-order valence-corrected chi connectivity index (χ3v) is 5.93. The highest BCUT2D eigenvalue weighted by Gasteiger charge is 2.18. The van der Waals surface area contributed by atoms with Crippen LogP contribution in [0.2, 0.25) is 0 Å². The fourth-order valence-electron chi connectivity index (χ4n) is 3.61. The Balaban J connectivity index is 1.76. The largest absolute Gasteiger partial charge is 0.496 e. The Morgan fingerprint density at radius 2 is 1.77 bits per heavy atom. The number of ether oxygens (including phenoxy) is 2. The second-order valence-corrected chi connectivity index (χ2v) is 8.16. The number of hydrogen-bond acceptors (Lipinski definition) is 6. The molecule has 2 aromatic heterocycles. The minimum atomic E-state index is 0.618. The fourth-order valence-corrected chi connectivity index (χ4v) is 4.70. The van der Waals surface area contributed by atoms with Gasteiger partial charge in [0.2, 0.25) is 0 Å². The van der Waals surface area contributed by atoms with E-state index in [4.69, 9.17) is 19.4 Å². The quantitative estimate of drug-likeness (QED) is 0.398. The van der Waals surface area contributed by atoms with Crippen LogP contribution in [0, 0.1) is 13.8 Å². The van der Waals surface area contributed by atoms with E-state index in [0.717, 1.165) is 44.5 Å². The second-order valence-electron chi connectivity index (χ2n) is 6.96. The summed E-state index contributed by atoms with van der Waals surface area (Å²) in [6, 6.07) is 16.2. The average molecular weight is 420 g/mol. The van der Waals surface area contributed by atoms with E-state index >= 15 is 0 Å². The molecule has 0 amide bonds. The molecule has 154 valence electrons. The Labute approximate surface area is 180 Å². The van der Waals surface area contributed by atoms with Crippen molar-refractivity contribution in [1.29, 1.82) is 0 Å². The number of anilines is 1. The van der Waals surface area contributed by atoms with Gasteiger partial charge in [0.25, 0.3) is 0 Å². The number of aromatic nitrogens is 2. The first-order valence-electron chi connectivity index (χ1n) is 9.97. The minimum absolute atomic E-state index is 0.618. The van der Waals surface area contributed by atoms with Gasteiger partial charge in [0.05, 0.1) is 19.1 Å². The molecule has 5 nitrogen and oxygen atoms in total. The first-order chi connectivity index (χ1) is 14.6. The zero-order chi connectivity index (χ0) is 21.1. The van der Waals surface area contributed by atoms with Crippen LogP contribution >= 0.6 is 11.3 Å². The number of fused-ring (bicyclic) bond motifs is 1. The lowest BCUT2D eigenvalue weighted by Gasteiger charge is -2.12. The van der Waals surface area contributed by atoms with Gasteiger partial charge in [0.15, 0.2) is 0 Å². The van der Waals surface area contributed by atoms with Crippen LogP contribution in [-0.4, -0.2) is 23.7 Å². The number of hydrogen-bond donors (Lipinski definition) is 1. The van der Waals surface area contributed by atoms with Gasteiger partial charge >= 0.3 is 0 Å². The summed E-state index contributed by atoms with van der Waals surface area (Å²) in [6.07, 6.45) is 0. The van der Waals surface area contributed by atoms with Gasteiger partial charge in [0, 0.05) is 22.5 Å². The summed E-state index contributed by atoms with van der Waals surface area (Å²) >= 11 is 1.70. The molecule has 0 fully saturated rings. The second kappa shape index (κ2) is 8.71. The molecule has 30 heavy (non-hydrogen) atoms. The number of rotatable bonds is 7. The van der Waals surface area contributed by atoms with Crippen molar-refractivity contribution in [2.24, 2.45) is 0 Å². The number of aryl methyl sites for hydroxylation is 2. The summed E-state index contributed by atoms with van der Waals surface area (Å²) < 4.78 is 11.1. The van der Waals surface area contributed by atoms with Crippen molar-refractivity contribution < 1.29 is 9.47 Å². The SMILES string of the molecule is CCOc1ccc(-c2c(C)sc3nc(C)nc(NCc4ccccc4OC)c23)cc1. The van der Waals surface area contributed by atoms with E-state index in [-0.39, 0.29) is 0 Å². The summed E-state index contributed by atoms with van der Waals surface area (Å²) in [5, 5.41) is 4.58. The summed E-state index contributed by atoms with van der Waals surface area (Å²) in [5.41, 5.74) is 3.38. The highest BCUT2D eigenvalue weighted by Crippen LogP contribution is 2.41. The molecule has 0 aliphatic carbocycles. The van der Waals surface area contributed by atoms with Crippen molar-refractivity contribution in [3.05, 3.63) is 64.8 Å². The van der Waals surface area contributed by atoms with Gasteiger partial charge in [-0.2, -0.15) is 0 Å². The van der Waals surface area contributed by atoms with Gasteiger partial charge in [-0.15, -0.1) is 11.3 Å². The number of para-hydroxylation sites is 1. The molecule has 6 heteroatoms. The maximum absolute atomic E-state index is 5.60. The molecule has 1 N–H and O–H groups in total. The number of methoxy groups -OCH3 is 1. The van der Waals surface area contributed by atoms with Crippen molar-refractivity contribution in [3.8, 4) is 22.6 Å². The minimum Gasteiger partial charge on any atom is -0.496 e. The van der Waals surface area contributed by atoms with Crippen LogP contribution in [0.4, 0.5) is 5.82 Å². The zero-order valence-electron chi connectivity index (χ0n) is 17.7. The van der Waals surface area contributed by atoms with E-state index in [1.54, 1.807) is 18.4 Å². The molecule has 4 aromatic rings. The van der Waals surface area contributed by atoms with Crippen molar-refractivity contribution >= 4 is 27.4 Å². The molecule has 0 spiro atoms. The molecule has 0 unspecified atom stereocenters. The van der Waals surface area contributed by atoms with Gasteiger partial charge in [-0.3, -0.25) is 0 Å². The molecule has 0 aliphatic heterocycles. The number of thiophene rings is 1. The predicted octanol–water partition coefficient (Wildman–Crippen LogP) is 5.99. The van der Waals surface area contributed by atoms with E-state index in [9.17, 15) is 0 Å². The van der Waals surface area contributed by atoms with Gasteiger partial charge in [-0.1, -0.05) is 30.3 Å². The summed E-state index contributed by atoms with van der Waals surface area (Å²) in [7, 11) is 1.69. The lowest BCUT2D eigenvalue weighted by Crippen LogP contribution is -2.05. The predicted molar refractivity (Wildman–Crippen MR) is 124 cm³/mol. The molecular formula is C24H25N3O2S. The normalized spacial score (nSPS) is 10.9. The number of benzene rings is 2. The number of nitrogens with zero attached hydrogens (tertiary/aromatic N) is 2. The molecule has 0 radical (unpaired) electrons. The Hall–Kier alpha value is -3.12. The van der Waals surface area contributed by atoms with Gasteiger partial charge in [-0.25, -0.2) is 9.97 Å². The van der Waals surface area contributed by atoms with E-state index in [1.807, 2.05) is 44.2 Å². The van der Waals surface area contributed by atoms with Crippen LogP contribution in [0.25, 0.3) is 21.3 Å². The van der Waals surface area contributed by atoms with Crippen LogP contribution in [0.1, 0.15) is 23.2 Å². The molecule has 0 saturated carbocycles. The standard InChI is InChI=1S/C24H25N3O2S/c1-5-29-19-12-10-17(11-13-19)21-15(2)30-24-22(21)23(26-16(3)27-24)25-14-18-8-6-7-9-20(18)28-4/h6-13H,5,14H2,1-4H3,(H,25,26,27). The van der Waals surface area contributed by atoms with Crippen molar-refractivity contribution in [3.63, 3.8) is 0 Å². The topological polar surface area (TPSA) is 56.3 Å². The summed E-state index contributed by atoms with van der Waals surface area (Å²) in [4.78, 5) is 11.6. The third-order valence-electron chi connectivity index (χ3n) is 4.93. The highest BCUT2D eigenvalue weighted by molar-refractivity contribution is 7.19. The van der Waals surface area contributed by atoms with Crippen LogP contribution in [0.3, 0.4) is 0 Å². The summed E-state index contributed by atoms with van der Waals surface area (Å²) in [5.74, 6) is 3.33. The van der Waals surface area contributed by atoms with E-state index in [2.05, 4.69) is 30.4 Å². The first kappa shape index (κ1) is 20.2. The average Bonchev–Trinajstić information content (AvgIpc) is 3.08. The molecular weight excluding hydrogens is 394 g/mol. The zero-order valence-corrected chi connectivity index (χ0v) is 18.5. The molecule has 2 heterocycles. The van der Waals surface area contributed by atoms with Gasteiger partial charge in [0.1, 0.15) is 28.0 Å². The molecule has 0 bridgehead atoms. The Morgan fingerprint density at radius 1 is 1.00 bits per heavy atom. The maximum Gasteiger partial charge on any atom is 0.139 e. The van der Waals surface area contributed by atoms with E-state index in [0.29, 0.717) is 13.2 Å². The Kier molecular flexibility index (Phi) is 5.86. The molecule has 0 atom stereocenters. The van der Waals surface area contributed by atoms with Crippen molar-refractivity contribution in [2.75, 3.05) is 19.0 Å². The highest BCUT2D eigenvalue weighted by atomic mass is 32.1. The first-order valence-corrected chi connectivity index (χ1v) is 10.8. The van der Waals surface area contributed by atoms with Gasteiger partial charge in [-0.05, 0) is 44.5 Å². The third kappa shape index (κ3) is 3.96. The van der Waals surface area contributed by atoms with Crippen LogP contribution < -0.4 is 14.8 Å². The Morgan fingerprint density at radius 3 is 2.50 bits per heavy atom. The van der Waals surface area contributed by atoms with Crippen LogP contribution in [0.15, 0.2) is 48.5 Å². The molecule has 0 aliphatic rings. The Bertz CT molecular complexity index is 1170. The molecule has 4 rings (SSSR count). The van der Waals surface area contributed by atoms with Crippen molar-refractivity contribution in [2.45, 2.75) is 27.3 Å². The van der Waals surface area contributed by atoms with Crippen LogP contribution in [-0.2, 0) is 6.54 Å². The van der Waals surface area contributed by atoms with Gasteiger partial charge < -0.3 is 14.8 Å². The van der Waals surface area contributed by atoms with E-state index in [1.165, 1.54) is 10.4 Å². The molecule has 0 saturated heterocycles. The number of nitrogens with one attached hydrogen (secondary N) is 1. The van der Waals surface area contributed by atoms with Crippen molar-refractivity contribution in [1.82, 2.24) is 9.97 Å². The molecule has 2 aromatic carbocycles. The monoisotopic (exact) mass is 419 g/mol. The smallest absolute Gasteiger partial charge is 0.139 e.